The van der Waals surface area contributed by atoms with Crippen molar-refractivity contribution >= 4 is 19.7 Å². The number of quaternary nitrogens is 1. The number of likely N-dealkylation sites (N-methyl/N-ethyl adjacent to an activating group) is 1. The van der Waals surface area contributed by atoms with Gasteiger partial charge in [-0.1, -0.05) is 323 Å². The molecule has 0 heterocycles. The molecule has 0 fully saturated rings. The smallest absolute Gasteiger partial charge is 0.456 e. The van der Waals surface area contributed by atoms with Crippen LogP contribution in [-0.4, -0.2) is 74.3 Å². The Morgan fingerprint density at radius 1 is 0.396 bits per heavy atom. The van der Waals surface area contributed by atoms with E-state index in [2.05, 4.69) is 123 Å². The molecule has 91 heavy (non-hydrogen) atoms. The third-order valence-corrected chi connectivity index (χ3v) is 17.7. The van der Waals surface area contributed by atoms with Crippen molar-refractivity contribution in [1.29, 1.82) is 0 Å². The lowest BCUT2D eigenvalue weighted by atomic mass is 10.0. The predicted octanol–water partition coefficient (Wildman–Crippen LogP) is 24.8. The van der Waals surface area contributed by atoms with Crippen molar-refractivity contribution in [2.75, 3.05) is 40.9 Å². The molecule has 0 aromatic rings. The molecule has 0 aliphatic rings. The number of nitrogens with one attached hydrogen (secondary N) is 1. The number of nitrogens with zero attached hydrogens (tertiary/aromatic N) is 1. The van der Waals surface area contributed by atoms with Crippen molar-refractivity contribution in [3.8, 4) is 0 Å². The molecule has 3 unspecified atom stereocenters. The Balaban J connectivity index is 5.05. The summed E-state index contributed by atoms with van der Waals surface area (Å²) in [5.74, 6) is -0.515. The van der Waals surface area contributed by atoms with Crippen LogP contribution in [0.3, 0.4) is 0 Å². The Morgan fingerprint density at radius 2 is 0.703 bits per heavy atom. The molecule has 3 atom stereocenters. The monoisotopic (exact) mass is 1290 g/mol. The molecule has 0 saturated carbocycles. The van der Waals surface area contributed by atoms with Gasteiger partial charge in [0.2, 0.25) is 5.91 Å². The number of phosphoric ester groups is 1. The van der Waals surface area contributed by atoms with Crippen LogP contribution in [0.1, 0.15) is 342 Å². The first-order valence-corrected chi connectivity index (χ1v) is 39.7. The highest BCUT2D eigenvalue weighted by Gasteiger charge is 2.30. The molecule has 2 N–H and O–H groups in total. The molecule has 0 aliphatic heterocycles. The van der Waals surface area contributed by atoms with E-state index in [1.165, 1.54) is 180 Å². The Hall–Kier alpha value is -3.33. The van der Waals surface area contributed by atoms with Crippen molar-refractivity contribution in [2.24, 2.45) is 0 Å². The molecular weight excluding hydrogens is 1140 g/mol. The van der Waals surface area contributed by atoms with E-state index in [1.807, 2.05) is 33.3 Å². The fourth-order valence-electron chi connectivity index (χ4n) is 10.9. The van der Waals surface area contributed by atoms with E-state index in [4.69, 9.17) is 13.8 Å². The highest BCUT2D eigenvalue weighted by molar-refractivity contribution is 7.47. The average Bonchev–Trinajstić information content (AvgIpc) is 3.70. The molecule has 0 radical (unpaired) electrons. The average molecular weight is 1290 g/mol. The normalized spacial score (nSPS) is 14.1. The molecule has 9 nitrogen and oxygen atoms in total. The van der Waals surface area contributed by atoms with E-state index >= 15 is 0 Å². The van der Waals surface area contributed by atoms with Gasteiger partial charge >= 0.3 is 13.8 Å². The zero-order valence-corrected chi connectivity index (χ0v) is 61.2. The molecule has 1 amide bonds. The van der Waals surface area contributed by atoms with Gasteiger partial charge < -0.3 is 19.4 Å². The summed E-state index contributed by atoms with van der Waals surface area (Å²) in [5, 5.41) is 3.08. The third kappa shape index (κ3) is 70.8. The standard InChI is InChI=1S/C81H145N2O7P/c1-7-10-13-16-19-22-25-28-30-32-34-36-38-40-41-43-44-46-48-50-52-55-58-61-64-67-70-73-80(84)82-78(77-89-91(86,87)88-76-75-83(4,5)6)79(72-69-66-63-60-57-54-27-24-21-18-15-12-9-3)90-81(85)74-71-68-65-62-59-56-53-51-49-47-45-42-39-37-35-33-31-29-26-23-20-17-14-11-8-2/h11,14,19-20,22-23,28-31,35,37,42,45,49,51,69,72,78-79H,7-10,12-13,15-18,21,24-27,32-34,36,38-41,43-44,46-48,50,52-68,70-71,73-77H2,1-6H3,(H-,82,84,86,87)/p+1/b14-11-,22-19-,23-20-,30-28-,31-29-,37-35-,45-42-,51-49-,72-69+. The zero-order valence-electron chi connectivity index (χ0n) is 60.3. The van der Waals surface area contributed by atoms with Crippen LogP contribution in [0, 0.1) is 0 Å². The zero-order chi connectivity index (χ0) is 66.3. The molecule has 526 valence electrons. The molecule has 0 aliphatic carbocycles. The number of esters is 1. The Morgan fingerprint density at radius 3 is 1.08 bits per heavy atom. The van der Waals surface area contributed by atoms with Crippen LogP contribution in [-0.2, 0) is 27.9 Å². The number of hydrogen-bond donors (Lipinski definition) is 2. The summed E-state index contributed by atoms with van der Waals surface area (Å²) in [6.45, 7) is 6.90. The minimum atomic E-state index is -4.47. The van der Waals surface area contributed by atoms with Crippen LogP contribution >= 0.6 is 7.82 Å². The lowest BCUT2D eigenvalue weighted by Gasteiger charge is -2.27. The number of phosphoric acid groups is 1. The third-order valence-electron chi connectivity index (χ3n) is 16.7. The fraction of sp³-hybridized carbons (Fsp3) is 0.753. The van der Waals surface area contributed by atoms with E-state index in [9.17, 15) is 19.0 Å². The second-order valence-electron chi connectivity index (χ2n) is 26.8. The second kappa shape index (κ2) is 69.5. The highest BCUT2D eigenvalue weighted by atomic mass is 31.2. The summed E-state index contributed by atoms with van der Waals surface area (Å²) >= 11 is 0. The van der Waals surface area contributed by atoms with Gasteiger partial charge in [0.15, 0.2) is 0 Å². The lowest BCUT2D eigenvalue weighted by molar-refractivity contribution is -0.870. The fourth-order valence-corrected chi connectivity index (χ4v) is 11.6. The summed E-state index contributed by atoms with van der Waals surface area (Å²) in [6.07, 6.45) is 96.8. The first kappa shape index (κ1) is 87.7. The summed E-state index contributed by atoms with van der Waals surface area (Å²) in [7, 11) is 1.49. The molecule has 0 saturated heterocycles. The first-order valence-electron chi connectivity index (χ1n) is 38.2. The predicted molar refractivity (Wildman–Crippen MR) is 397 cm³/mol. The molecule has 0 rings (SSSR count). The number of amides is 1. The van der Waals surface area contributed by atoms with E-state index < -0.39 is 20.0 Å². The minimum Gasteiger partial charge on any atom is -0.456 e. The number of allylic oxidation sites excluding steroid dienone is 17. The van der Waals surface area contributed by atoms with E-state index in [0.717, 1.165) is 128 Å². The Kier molecular flexibility index (Phi) is 67.0. The number of rotatable bonds is 69. The van der Waals surface area contributed by atoms with Crippen molar-refractivity contribution in [3.63, 3.8) is 0 Å². The van der Waals surface area contributed by atoms with E-state index in [-0.39, 0.29) is 31.5 Å². The van der Waals surface area contributed by atoms with Gasteiger partial charge in [0.1, 0.15) is 19.3 Å². The second-order valence-corrected chi connectivity index (χ2v) is 28.2. The van der Waals surface area contributed by atoms with Gasteiger partial charge in [0, 0.05) is 12.8 Å². The largest absolute Gasteiger partial charge is 0.472 e. The first-order chi connectivity index (χ1) is 44.4. The molecular formula is C81H146N2O7P+. The van der Waals surface area contributed by atoms with E-state index in [1.54, 1.807) is 0 Å². The van der Waals surface area contributed by atoms with Crippen molar-refractivity contribution in [1.82, 2.24) is 5.32 Å². The molecule has 0 spiro atoms. The number of ether oxygens (including phenoxy) is 1. The number of hydrogen-bond acceptors (Lipinski definition) is 6. The van der Waals surface area contributed by atoms with Gasteiger partial charge in [-0.15, -0.1) is 0 Å². The van der Waals surface area contributed by atoms with Gasteiger partial charge in [-0.3, -0.25) is 18.6 Å². The highest BCUT2D eigenvalue weighted by Crippen LogP contribution is 2.43. The number of carbonyl (C=O) groups excluding carboxylic acids is 2. The van der Waals surface area contributed by atoms with Crippen LogP contribution in [0.5, 0.6) is 0 Å². The van der Waals surface area contributed by atoms with Gasteiger partial charge in [-0.25, -0.2) is 4.57 Å². The van der Waals surface area contributed by atoms with Crippen LogP contribution in [0.2, 0.25) is 0 Å². The summed E-state index contributed by atoms with van der Waals surface area (Å²) in [4.78, 5) is 38.0. The van der Waals surface area contributed by atoms with Gasteiger partial charge in [-0.2, -0.15) is 0 Å². The van der Waals surface area contributed by atoms with Crippen LogP contribution in [0.15, 0.2) is 109 Å². The van der Waals surface area contributed by atoms with Gasteiger partial charge in [0.25, 0.3) is 0 Å². The molecule has 0 aromatic heterocycles. The maximum atomic E-state index is 13.7. The maximum Gasteiger partial charge on any atom is 0.472 e. The maximum absolute atomic E-state index is 13.7. The van der Waals surface area contributed by atoms with Crippen LogP contribution in [0.25, 0.3) is 0 Å². The molecule has 0 bridgehead atoms. The number of unbranched alkanes of at least 4 members (excludes halogenated alkanes) is 37. The SMILES string of the molecule is CC/C=C\C/C=C\C/C=C\C/C=C\C/C=C\C/C=C\CCCCCCCCC(=O)OC(/C=C/CCCCCCCCCCCCC)C(COP(=O)(O)OCC[N+](C)(C)C)NC(=O)CCCCCCCCCCCCCCCCCCC/C=C\C/C=C\CCCCC. The van der Waals surface area contributed by atoms with Gasteiger partial charge in [0.05, 0.1) is 33.8 Å². The quantitative estimate of drug-likeness (QED) is 0.0205. The van der Waals surface area contributed by atoms with Crippen LogP contribution < -0.4 is 5.32 Å². The Bertz CT molecular complexity index is 1930. The summed E-state index contributed by atoms with van der Waals surface area (Å²) in [6, 6.07) is -0.862. The lowest BCUT2D eigenvalue weighted by Crippen LogP contribution is -2.47. The van der Waals surface area contributed by atoms with Crippen LogP contribution in [0.4, 0.5) is 0 Å². The topological polar surface area (TPSA) is 111 Å². The van der Waals surface area contributed by atoms with E-state index in [0.29, 0.717) is 17.4 Å². The number of carbonyl (C=O) groups is 2. The van der Waals surface area contributed by atoms with Crippen molar-refractivity contribution in [2.45, 2.75) is 354 Å². The summed E-state index contributed by atoms with van der Waals surface area (Å²) < 4.78 is 30.9. The van der Waals surface area contributed by atoms with Crippen molar-refractivity contribution in [3.05, 3.63) is 109 Å². The summed E-state index contributed by atoms with van der Waals surface area (Å²) in [5.41, 5.74) is 0. The van der Waals surface area contributed by atoms with Gasteiger partial charge in [-0.05, 0) is 115 Å². The van der Waals surface area contributed by atoms with Crippen molar-refractivity contribution < 1.29 is 37.3 Å². The molecule has 0 aromatic carbocycles. The Labute approximate surface area is 563 Å². The minimum absolute atomic E-state index is 0.0342. The molecule has 10 heteroatoms.